The molecule has 5 rings (SSSR count). The Bertz CT molecular complexity index is 2030. The Labute approximate surface area is 301 Å². The Kier molecular flexibility index (Phi) is 12.2. The Hall–Kier alpha value is -5.76. The van der Waals surface area contributed by atoms with Crippen molar-refractivity contribution in [2.75, 3.05) is 40.3 Å². The maximum Gasteiger partial charge on any atom is 0.252 e. The largest absolute Gasteiger partial charge is 0.494 e. The topological polar surface area (TPSA) is 191 Å². The van der Waals surface area contributed by atoms with Crippen LogP contribution in [0, 0.1) is 0 Å². The van der Waals surface area contributed by atoms with Gasteiger partial charge in [-0.2, -0.15) is 0 Å². The van der Waals surface area contributed by atoms with E-state index in [9.17, 15) is 18.7 Å². The number of nitrogens with one attached hydrogen (secondary N) is 1. The molecule has 4 aromatic carbocycles. The van der Waals surface area contributed by atoms with Crippen LogP contribution in [0.2, 0.25) is 0 Å². The molecule has 1 heterocycles. The number of aliphatic hydroxyl groups excluding tert-OH is 1. The summed E-state index contributed by atoms with van der Waals surface area (Å²) in [7, 11) is 0.537. The molecular formula is C37H39N5O9S. The Morgan fingerprint density at radius 3 is 2.29 bits per heavy atom. The molecule has 1 amide bonds. The minimum Gasteiger partial charge on any atom is -0.494 e. The molecule has 15 heteroatoms. The quantitative estimate of drug-likeness (QED) is 0.0581. The number of hydrogen-bond acceptors (Lipinski definition) is 11. The average molecular weight is 730 g/mol. The van der Waals surface area contributed by atoms with Gasteiger partial charge in [0.2, 0.25) is 11.6 Å². The fraction of sp³-hybridized carbons (Fsp3) is 0.297. The van der Waals surface area contributed by atoms with Gasteiger partial charge in [-0.15, -0.1) is 0 Å². The molecule has 0 saturated heterocycles. The summed E-state index contributed by atoms with van der Waals surface area (Å²) in [5.41, 5.74) is 9.15. The van der Waals surface area contributed by atoms with Gasteiger partial charge < -0.3 is 34.1 Å². The molecule has 0 fully saturated rings. The molecule has 272 valence electrons. The Morgan fingerprint density at radius 1 is 0.981 bits per heavy atom. The zero-order valence-corrected chi connectivity index (χ0v) is 29.7. The van der Waals surface area contributed by atoms with Gasteiger partial charge in [-0.3, -0.25) is 4.79 Å². The van der Waals surface area contributed by atoms with Crippen LogP contribution in [0.25, 0.3) is 10.4 Å². The number of aliphatic imine (C=N–C) groups is 1. The number of methoxy groups -OCH3 is 3. The summed E-state index contributed by atoms with van der Waals surface area (Å²) < 4.78 is 56.0. The molecule has 0 spiro atoms. The number of aliphatic hydroxyl groups is 1. The molecule has 2 atom stereocenters. The van der Waals surface area contributed by atoms with E-state index < -0.39 is 33.1 Å². The van der Waals surface area contributed by atoms with Crippen molar-refractivity contribution in [3.8, 4) is 23.0 Å². The van der Waals surface area contributed by atoms with E-state index in [1.807, 2.05) is 0 Å². The first-order chi connectivity index (χ1) is 25.2. The number of carbonyl (C=O) groups is 1. The molecular weight excluding hydrogens is 690 g/mol. The van der Waals surface area contributed by atoms with E-state index in [0.29, 0.717) is 52.7 Å². The van der Waals surface area contributed by atoms with Crippen molar-refractivity contribution in [1.82, 2.24) is 5.32 Å². The third kappa shape index (κ3) is 8.23. The van der Waals surface area contributed by atoms with Gasteiger partial charge in [0.15, 0.2) is 33.0 Å². The van der Waals surface area contributed by atoms with E-state index in [4.69, 9.17) is 33.8 Å². The van der Waals surface area contributed by atoms with E-state index in [2.05, 4.69) is 15.3 Å². The minimum atomic E-state index is -3.91. The number of ether oxygens (including phenoxy) is 5. The molecule has 0 bridgehead atoms. The van der Waals surface area contributed by atoms with Crippen LogP contribution < -0.4 is 24.3 Å². The number of carbonyl (C=O) groups excluding carboxylic acids is 1. The number of azide groups is 1. The number of rotatable bonds is 17. The van der Waals surface area contributed by atoms with Crippen molar-refractivity contribution in [3.05, 3.63) is 118 Å². The van der Waals surface area contributed by atoms with Crippen molar-refractivity contribution >= 4 is 27.3 Å². The summed E-state index contributed by atoms with van der Waals surface area (Å²) in [5, 5.41) is 15.9. The number of sulfone groups is 1. The SMILES string of the molecule is COc1cc(CNC(=O)[C@]2(CCS(=O)(=O)c3ccccc3)N=C(c3ccc(OCCCO)cc3)O[C@@H]2c2ccccc2N=[N+]=[N-])cc(OC)c1OC. The van der Waals surface area contributed by atoms with Gasteiger partial charge in [-0.25, -0.2) is 13.4 Å². The van der Waals surface area contributed by atoms with Crippen molar-refractivity contribution in [2.24, 2.45) is 10.1 Å². The second kappa shape index (κ2) is 17.0. The van der Waals surface area contributed by atoms with Gasteiger partial charge in [0.05, 0.1) is 38.6 Å². The van der Waals surface area contributed by atoms with Gasteiger partial charge >= 0.3 is 0 Å². The molecule has 2 N–H and O–H groups in total. The van der Waals surface area contributed by atoms with Crippen LogP contribution in [0.5, 0.6) is 23.0 Å². The van der Waals surface area contributed by atoms with Gasteiger partial charge in [0.1, 0.15) is 5.75 Å². The number of hydrogen-bond donors (Lipinski definition) is 2. The molecule has 4 aromatic rings. The predicted octanol–water partition coefficient (Wildman–Crippen LogP) is 5.85. The van der Waals surface area contributed by atoms with Crippen LogP contribution in [0.15, 0.2) is 106 Å². The zero-order chi connectivity index (χ0) is 37.1. The van der Waals surface area contributed by atoms with Crippen LogP contribution in [-0.4, -0.2) is 71.2 Å². The molecule has 0 aromatic heterocycles. The van der Waals surface area contributed by atoms with E-state index in [-0.39, 0.29) is 36.1 Å². The Morgan fingerprint density at radius 2 is 1.65 bits per heavy atom. The van der Waals surface area contributed by atoms with Gasteiger partial charge in [0.25, 0.3) is 5.91 Å². The van der Waals surface area contributed by atoms with Gasteiger partial charge in [0, 0.05) is 47.7 Å². The lowest BCUT2D eigenvalue weighted by Crippen LogP contribution is -2.49. The predicted molar refractivity (Wildman–Crippen MR) is 193 cm³/mol. The monoisotopic (exact) mass is 729 g/mol. The summed E-state index contributed by atoms with van der Waals surface area (Å²) in [4.78, 5) is 22.7. The van der Waals surface area contributed by atoms with Gasteiger partial charge in [-0.05, 0) is 59.6 Å². The van der Waals surface area contributed by atoms with Crippen LogP contribution in [0.3, 0.4) is 0 Å². The van der Waals surface area contributed by atoms with Crippen LogP contribution in [0.1, 0.15) is 35.6 Å². The van der Waals surface area contributed by atoms with Crippen molar-refractivity contribution in [2.45, 2.75) is 35.9 Å². The summed E-state index contributed by atoms with van der Waals surface area (Å²) in [6.45, 7) is 0.278. The van der Waals surface area contributed by atoms with Crippen molar-refractivity contribution in [1.29, 1.82) is 0 Å². The maximum absolute atomic E-state index is 14.7. The molecule has 1 aliphatic rings. The second-order valence-corrected chi connectivity index (χ2v) is 13.7. The van der Waals surface area contributed by atoms with Crippen LogP contribution >= 0.6 is 0 Å². The Balaban J connectivity index is 1.61. The van der Waals surface area contributed by atoms with E-state index >= 15 is 0 Å². The van der Waals surface area contributed by atoms with Crippen molar-refractivity contribution < 1.29 is 42.0 Å². The highest BCUT2D eigenvalue weighted by Gasteiger charge is 2.54. The second-order valence-electron chi connectivity index (χ2n) is 11.6. The van der Waals surface area contributed by atoms with E-state index in [1.165, 1.54) is 33.5 Å². The van der Waals surface area contributed by atoms with Crippen molar-refractivity contribution in [3.63, 3.8) is 0 Å². The van der Waals surface area contributed by atoms with Crippen LogP contribution in [0.4, 0.5) is 5.69 Å². The fourth-order valence-corrected chi connectivity index (χ4v) is 7.19. The van der Waals surface area contributed by atoms with Gasteiger partial charge in [-0.1, -0.05) is 47.6 Å². The fourth-order valence-electron chi connectivity index (χ4n) is 5.80. The molecule has 0 aliphatic carbocycles. The molecule has 14 nitrogen and oxygen atoms in total. The highest BCUT2D eigenvalue weighted by Crippen LogP contribution is 2.46. The number of nitrogens with zero attached hydrogens (tertiary/aromatic N) is 4. The highest BCUT2D eigenvalue weighted by molar-refractivity contribution is 7.91. The normalized spacial score (nSPS) is 16.5. The van der Waals surface area contributed by atoms with E-state index in [0.717, 1.165) is 0 Å². The third-order valence-corrected chi connectivity index (χ3v) is 10.2. The number of amides is 1. The van der Waals surface area contributed by atoms with E-state index in [1.54, 1.807) is 78.9 Å². The summed E-state index contributed by atoms with van der Waals surface area (Å²) in [6, 6.07) is 24.7. The molecule has 0 unspecified atom stereocenters. The van der Waals surface area contributed by atoms with Crippen LogP contribution in [-0.2, 0) is 25.9 Å². The zero-order valence-electron chi connectivity index (χ0n) is 28.9. The molecule has 0 radical (unpaired) electrons. The first-order valence-electron chi connectivity index (χ1n) is 16.3. The maximum atomic E-state index is 14.7. The lowest BCUT2D eigenvalue weighted by Gasteiger charge is -2.31. The molecule has 52 heavy (non-hydrogen) atoms. The summed E-state index contributed by atoms with van der Waals surface area (Å²) >= 11 is 0. The summed E-state index contributed by atoms with van der Waals surface area (Å²) in [5.74, 6) is 0.650. The summed E-state index contributed by atoms with van der Waals surface area (Å²) in [6.07, 6.45) is -1.05. The third-order valence-electron chi connectivity index (χ3n) is 8.43. The highest BCUT2D eigenvalue weighted by atomic mass is 32.2. The molecule has 0 saturated carbocycles. The standard InChI is InChI=1S/C37H39N5O9S/c1-47-31-22-25(23-32(48-2)33(31)49-3)24-39-36(44)37(18-21-52(45,46)28-10-5-4-6-11-28)34(29-12-7-8-13-30(29)41-42-38)51-35(40-37)26-14-16-27(17-15-26)50-20-9-19-43/h4-8,10-17,22-23,34,43H,9,18-21,24H2,1-3H3,(H,39,44)/t34-,37-/m1/s1. The minimum absolute atomic E-state index is 0.00880. The average Bonchev–Trinajstić information content (AvgIpc) is 3.57. The molecule has 1 aliphatic heterocycles. The lowest BCUT2D eigenvalue weighted by atomic mass is 9.84. The lowest BCUT2D eigenvalue weighted by molar-refractivity contribution is -0.129. The first-order valence-corrected chi connectivity index (χ1v) is 17.9. The number of benzene rings is 4. The smallest absolute Gasteiger partial charge is 0.252 e. The first kappa shape index (κ1) is 37.5.